The summed E-state index contributed by atoms with van der Waals surface area (Å²) < 4.78 is 5.39. The Kier molecular flexibility index (Phi) is 5.24. The van der Waals surface area contributed by atoms with Gasteiger partial charge in [0.1, 0.15) is 12.4 Å². The van der Waals surface area contributed by atoms with Gasteiger partial charge in [0.15, 0.2) is 0 Å². The minimum absolute atomic E-state index is 0.136. The van der Waals surface area contributed by atoms with Gasteiger partial charge in [0.25, 0.3) is 0 Å². The van der Waals surface area contributed by atoms with Gasteiger partial charge in [-0.05, 0) is 12.1 Å². The second-order valence-corrected chi connectivity index (χ2v) is 3.22. The highest BCUT2D eigenvalue weighted by atomic mass is 35.5. The van der Waals surface area contributed by atoms with Crippen molar-refractivity contribution in [1.29, 1.82) is 0 Å². The summed E-state index contributed by atoms with van der Waals surface area (Å²) in [5.41, 5.74) is 0.641. The number of alkyl halides is 1. The Hall–Kier alpha value is -1.66. The van der Waals surface area contributed by atoms with E-state index in [1.54, 1.807) is 12.1 Å². The van der Waals surface area contributed by atoms with Gasteiger partial charge in [-0.15, -0.1) is 11.6 Å². The minimum atomic E-state index is -0.136. The lowest BCUT2D eigenvalue weighted by Gasteiger charge is -2.08. The highest BCUT2D eigenvalue weighted by Crippen LogP contribution is 2.23. The van der Waals surface area contributed by atoms with Crippen LogP contribution in [0.5, 0.6) is 5.75 Å². The third kappa shape index (κ3) is 4.24. The summed E-state index contributed by atoms with van der Waals surface area (Å²) >= 11 is 5.40. The Morgan fingerprint density at radius 2 is 2.19 bits per heavy atom. The molecule has 4 heteroatoms. The first-order chi connectivity index (χ1) is 7.74. The van der Waals surface area contributed by atoms with Crippen LogP contribution in [-0.4, -0.2) is 18.4 Å². The molecule has 1 N–H and O–H groups in total. The second kappa shape index (κ2) is 6.76. The van der Waals surface area contributed by atoms with Crippen LogP contribution in [0.1, 0.15) is 6.92 Å². The molecule has 0 aliphatic carbocycles. The fourth-order valence-corrected chi connectivity index (χ4v) is 1.19. The monoisotopic (exact) mass is 237 g/mol. The number of anilines is 1. The first kappa shape index (κ1) is 12.4. The Morgan fingerprint density at radius 1 is 1.44 bits per heavy atom. The SMILES string of the molecule is CC(=O)Nc1ccccc1OCC#CCCl. The molecular formula is C12H12ClNO2. The van der Waals surface area contributed by atoms with Crippen LogP contribution in [0.3, 0.4) is 0 Å². The standard InChI is InChI=1S/C12H12ClNO2/c1-10(15)14-11-6-2-3-7-12(11)16-9-5-4-8-13/h2-3,6-7H,8-9H2,1H3,(H,14,15). The van der Waals surface area contributed by atoms with Crippen molar-refractivity contribution in [3.05, 3.63) is 24.3 Å². The molecule has 84 valence electrons. The van der Waals surface area contributed by atoms with Crippen molar-refractivity contribution in [1.82, 2.24) is 0 Å². The molecule has 0 heterocycles. The average Bonchev–Trinajstić information content (AvgIpc) is 2.26. The fraction of sp³-hybridized carbons (Fsp3) is 0.250. The number of nitrogens with one attached hydrogen (secondary N) is 1. The van der Waals surface area contributed by atoms with E-state index in [4.69, 9.17) is 16.3 Å². The molecule has 3 nitrogen and oxygen atoms in total. The third-order valence-corrected chi connectivity index (χ3v) is 1.82. The molecule has 0 fully saturated rings. The summed E-state index contributed by atoms with van der Waals surface area (Å²) in [6.07, 6.45) is 0. The molecule has 0 aliphatic rings. The molecule has 0 radical (unpaired) electrons. The number of hydrogen-bond donors (Lipinski definition) is 1. The number of para-hydroxylation sites is 2. The number of amides is 1. The zero-order valence-corrected chi connectivity index (χ0v) is 9.67. The third-order valence-electron chi connectivity index (χ3n) is 1.69. The average molecular weight is 238 g/mol. The van der Waals surface area contributed by atoms with Crippen LogP contribution in [0.25, 0.3) is 0 Å². The largest absolute Gasteiger partial charge is 0.479 e. The molecule has 0 spiro atoms. The maximum atomic E-state index is 10.9. The van der Waals surface area contributed by atoms with Crippen molar-refractivity contribution in [2.24, 2.45) is 0 Å². The fourth-order valence-electron chi connectivity index (χ4n) is 1.10. The van der Waals surface area contributed by atoms with Crippen LogP contribution in [0.15, 0.2) is 24.3 Å². The Morgan fingerprint density at radius 3 is 2.88 bits per heavy atom. The lowest BCUT2D eigenvalue weighted by molar-refractivity contribution is -0.114. The number of ether oxygens (including phenoxy) is 1. The topological polar surface area (TPSA) is 38.3 Å². The number of benzene rings is 1. The van der Waals surface area contributed by atoms with E-state index in [1.165, 1.54) is 6.92 Å². The molecule has 0 bridgehead atoms. The smallest absolute Gasteiger partial charge is 0.221 e. The molecule has 0 saturated carbocycles. The maximum absolute atomic E-state index is 10.9. The van der Waals surface area contributed by atoms with Crippen molar-refractivity contribution in [2.75, 3.05) is 17.8 Å². The van der Waals surface area contributed by atoms with E-state index in [0.29, 0.717) is 11.4 Å². The van der Waals surface area contributed by atoms with Crippen LogP contribution in [-0.2, 0) is 4.79 Å². The molecule has 0 aliphatic heterocycles. The van der Waals surface area contributed by atoms with Crippen LogP contribution < -0.4 is 10.1 Å². The quantitative estimate of drug-likeness (QED) is 0.647. The van der Waals surface area contributed by atoms with E-state index in [-0.39, 0.29) is 18.4 Å². The maximum Gasteiger partial charge on any atom is 0.221 e. The number of halogens is 1. The van der Waals surface area contributed by atoms with Crippen molar-refractivity contribution >= 4 is 23.2 Å². The van der Waals surface area contributed by atoms with Crippen LogP contribution >= 0.6 is 11.6 Å². The summed E-state index contributed by atoms with van der Waals surface area (Å²) in [5.74, 6) is 6.18. The lowest BCUT2D eigenvalue weighted by Crippen LogP contribution is -2.07. The summed E-state index contributed by atoms with van der Waals surface area (Å²) in [6.45, 7) is 1.70. The summed E-state index contributed by atoms with van der Waals surface area (Å²) in [4.78, 5) is 10.9. The first-order valence-corrected chi connectivity index (χ1v) is 5.28. The first-order valence-electron chi connectivity index (χ1n) is 4.75. The van der Waals surface area contributed by atoms with Gasteiger partial charge in [-0.1, -0.05) is 24.0 Å². The number of carbonyl (C=O) groups excluding carboxylic acids is 1. The summed E-state index contributed by atoms with van der Waals surface area (Å²) in [7, 11) is 0. The Bertz CT molecular complexity index is 421. The number of hydrogen-bond acceptors (Lipinski definition) is 2. The van der Waals surface area contributed by atoms with Crippen molar-refractivity contribution in [3.63, 3.8) is 0 Å². The molecule has 0 atom stereocenters. The van der Waals surface area contributed by atoms with E-state index < -0.39 is 0 Å². The predicted molar refractivity (Wildman–Crippen MR) is 64.7 cm³/mol. The van der Waals surface area contributed by atoms with E-state index in [1.807, 2.05) is 12.1 Å². The Labute approximate surface area is 99.7 Å². The van der Waals surface area contributed by atoms with Crippen LogP contribution in [0.2, 0.25) is 0 Å². The minimum Gasteiger partial charge on any atom is -0.479 e. The van der Waals surface area contributed by atoms with Gasteiger partial charge in [-0.3, -0.25) is 4.79 Å². The van der Waals surface area contributed by atoms with Crippen molar-refractivity contribution < 1.29 is 9.53 Å². The van der Waals surface area contributed by atoms with Gasteiger partial charge in [-0.25, -0.2) is 0 Å². The van der Waals surface area contributed by atoms with Crippen molar-refractivity contribution in [3.8, 4) is 17.6 Å². The second-order valence-electron chi connectivity index (χ2n) is 2.95. The molecule has 0 saturated heterocycles. The molecule has 0 aromatic heterocycles. The highest BCUT2D eigenvalue weighted by Gasteiger charge is 2.02. The van der Waals surface area contributed by atoms with Crippen LogP contribution in [0, 0.1) is 11.8 Å². The van der Waals surface area contributed by atoms with Crippen LogP contribution in [0.4, 0.5) is 5.69 Å². The zero-order valence-electron chi connectivity index (χ0n) is 8.92. The van der Waals surface area contributed by atoms with Gasteiger partial charge >= 0.3 is 0 Å². The number of rotatable bonds is 3. The number of carbonyl (C=O) groups is 1. The van der Waals surface area contributed by atoms with Gasteiger partial charge in [0, 0.05) is 6.92 Å². The summed E-state index contributed by atoms with van der Waals surface area (Å²) in [5, 5.41) is 2.68. The molecule has 1 aromatic carbocycles. The van der Waals surface area contributed by atoms with E-state index >= 15 is 0 Å². The highest BCUT2D eigenvalue weighted by molar-refractivity contribution is 6.19. The molecule has 0 unspecified atom stereocenters. The lowest BCUT2D eigenvalue weighted by atomic mass is 10.3. The molecule has 16 heavy (non-hydrogen) atoms. The molecule has 1 amide bonds. The van der Waals surface area contributed by atoms with E-state index in [2.05, 4.69) is 17.2 Å². The van der Waals surface area contributed by atoms with E-state index in [9.17, 15) is 4.79 Å². The molecule has 1 rings (SSSR count). The zero-order chi connectivity index (χ0) is 11.8. The molecule has 1 aromatic rings. The van der Waals surface area contributed by atoms with Gasteiger partial charge in [-0.2, -0.15) is 0 Å². The van der Waals surface area contributed by atoms with E-state index in [0.717, 1.165) is 0 Å². The van der Waals surface area contributed by atoms with Gasteiger partial charge < -0.3 is 10.1 Å². The molecular weight excluding hydrogens is 226 g/mol. The predicted octanol–water partition coefficient (Wildman–Crippen LogP) is 2.27. The Balaban J connectivity index is 2.67. The van der Waals surface area contributed by atoms with Gasteiger partial charge in [0.2, 0.25) is 5.91 Å². The van der Waals surface area contributed by atoms with Gasteiger partial charge in [0.05, 0.1) is 11.6 Å². The van der Waals surface area contributed by atoms with Crippen molar-refractivity contribution in [2.45, 2.75) is 6.92 Å². The summed E-state index contributed by atoms with van der Waals surface area (Å²) in [6, 6.07) is 7.19. The normalized spacial score (nSPS) is 8.88.